The maximum absolute atomic E-state index is 6.64. The molecular formula is C20H22Cl2O2Si. The SMILES string of the molecule is CC(C)(C)[Si](C)(C)Oc1c(-c2ccc(Cl)cc2)oc2cc(Cl)ccc12. The average molecular weight is 393 g/mol. The standard InChI is InChI=1S/C20H22Cl2O2Si/c1-20(2,3)25(4,5)24-19-16-11-10-15(22)12-17(16)23-18(19)13-6-8-14(21)9-7-13/h6-12H,1-5H3. The molecule has 1 aromatic heterocycles. The lowest BCUT2D eigenvalue weighted by Crippen LogP contribution is -2.43. The van der Waals surface area contributed by atoms with Crippen LogP contribution < -0.4 is 4.43 Å². The van der Waals surface area contributed by atoms with Crippen molar-refractivity contribution in [3.05, 3.63) is 52.5 Å². The van der Waals surface area contributed by atoms with E-state index in [-0.39, 0.29) is 5.04 Å². The molecule has 0 fully saturated rings. The molecule has 0 saturated heterocycles. The number of hydrogen-bond donors (Lipinski definition) is 0. The van der Waals surface area contributed by atoms with Gasteiger partial charge in [-0.3, -0.25) is 0 Å². The fraction of sp³-hybridized carbons (Fsp3) is 0.300. The summed E-state index contributed by atoms with van der Waals surface area (Å²) in [5, 5.41) is 2.36. The van der Waals surface area contributed by atoms with Crippen molar-refractivity contribution in [3.63, 3.8) is 0 Å². The summed E-state index contributed by atoms with van der Waals surface area (Å²) in [6, 6.07) is 13.3. The first kappa shape index (κ1) is 18.4. The molecule has 2 nitrogen and oxygen atoms in total. The Morgan fingerprint density at radius 3 is 2.12 bits per heavy atom. The summed E-state index contributed by atoms with van der Waals surface area (Å²) >= 11 is 12.2. The molecule has 3 rings (SSSR count). The molecule has 0 aliphatic heterocycles. The molecule has 0 saturated carbocycles. The van der Waals surface area contributed by atoms with E-state index in [2.05, 4.69) is 33.9 Å². The van der Waals surface area contributed by atoms with Gasteiger partial charge in [-0.2, -0.15) is 0 Å². The molecule has 0 atom stereocenters. The third kappa shape index (κ3) is 3.59. The average Bonchev–Trinajstić information content (AvgIpc) is 2.84. The Kier molecular flexibility index (Phi) is 4.69. The number of hydrogen-bond acceptors (Lipinski definition) is 2. The largest absolute Gasteiger partial charge is 0.540 e. The predicted octanol–water partition coefficient (Wildman–Crippen LogP) is 7.79. The molecular weight excluding hydrogens is 371 g/mol. The van der Waals surface area contributed by atoms with Crippen LogP contribution in [0.25, 0.3) is 22.3 Å². The minimum absolute atomic E-state index is 0.0836. The Balaban J connectivity index is 2.20. The third-order valence-corrected chi connectivity index (χ3v) is 9.69. The zero-order chi connectivity index (χ0) is 18.4. The van der Waals surface area contributed by atoms with Gasteiger partial charge in [-0.05, 0) is 54.5 Å². The van der Waals surface area contributed by atoms with Crippen molar-refractivity contribution in [3.8, 4) is 17.1 Å². The first-order chi connectivity index (χ1) is 11.6. The van der Waals surface area contributed by atoms with E-state index >= 15 is 0 Å². The van der Waals surface area contributed by atoms with Crippen LogP contribution >= 0.6 is 23.2 Å². The molecule has 132 valence electrons. The fourth-order valence-corrected chi connectivity index (χ4v) is 3.65. The molecule has 0 aliphatic rings. The number of halogens is 2. The smallest absolute Gasteiger partial charge is 0.250 e. The normalized spacial score (nSPS) is 12.6. The molecule has 3 aromatic rings. The molecule has 2 aromatic carbocycles. The van der Waals surface area contributed by atoms with Gasteiger partial charge in [0.25, 0.3) is 8.32 Å². The van der Waals surface area contributed by atoms with E-state index in [1.54, 1.807) is 0 Å². The predicted molar refractivity (Wildman–Crippen MR) is 109 cm³/mol. The van der Waals surface area contributed by atoms with Crippen LogP contribution in [0.4, 0.5) is 0 Å². The van der Waals surface area contributed by atoms with Gasteiger partial charge in [-0.1, -0.05) is 44.0 Å². The van der Waals surface area contributed by atoms with Crippen LogP contribution in [0.1, 0.15) is 20.8 Å². The first-order valence-electron chi connectivity index (χ1n) is 8.25. The molecule has 0 aliphatic carbocycles. The van der Waals surface area contributed by atoms with Crippen LogP contribution in [0.5, 0.6) is 5.75 Å². The van der Waals surface area contributed by atoms with Gasteiger partial charge in [0, 0.05) is 21.7 Å². The van der Waals surface area contributed by atoms with E-state index in [1.807, 2.05) is 42.5 Å². The van der Waals surface area contributed by atoms with Crippen LogP contribution in [0.15, 0.2) is 46.9 Å². The van der Waals surface area contributed by atoms with Crippen molar-refractivity contribution in [1.29, 1.82) is 0 Å². The Bertz CT molecular complexity index is 906. The number of rotatable bonds is 3. The van der Waals surface area contributed by atoms with Gasteiger partial charge >= 0.3 is 0 Å². The van der Waals surface area contributed by atoms with Crippen molar-refractivity contribution in [2.24, 2.45) is 0 Å². The van der Waals surface area contributed by atoms with Crippen molar-refractivity contribution in [1.82, 2.24) is 0 Å². The minimum Gasteiger partial charge on any atom is -0.540 e. The van der Waals surface area contributed by atoms with E-state index in [0.717, 1.165) is 28.0 Å². The monoisotopic (exact) mass is 392 g/mol. The van der Waals surface area contributed by atoms with E-state index in [9.17, 15) is 0 Å². The second kappa shape index (κ2) is 6.38. The summed E-state index contributed by atoms with van der Waals surface area (Å²) in [7, 11) is -2.03. The highest BCUT2D eigenvalue weighted by Gasteiger charge is 2.40. The van der Waals surface area contributed by atoms with Crippen molar-refractivity contribution in [2.45, 2.75) is 38.9 Å². The van der Waals surface area contributed by atoms with E-state index in [0.29, 0.717) is 10.0 Å². The number of benzene rings is 2. The molecule has 1 heterocycles. The first-order valence-corrected chi connectivity index (χ1v) is 11.9. The van der Waals surface area contributed by atoms with Crippen LogP contribution in [-0.4, -0.2) is 8.32 Å². The highest BCUT2D eigenvalue weighted by molar-refractivity contribution is 6.74. The van der Waals surface area contributed by atoms with Gasteiger partial charge in [0.05, 0.1) is 5.39 Å². The van der Waals surface area contributed by atoms with Crippen LogP contribution in [0.2, 0.25) is 28.2 Å². The Hall–Kier alpha value is -1.42. The summed E-state index contributed by atoms with van der Waals surface area (Å²) < 4.78 is 12.8. The van der Waals surface area contributed by atoms with Gasteiger partial charge in [0.2, 0.25) is 0 Å². The fourth-order valence-electron chi connectivity index (χ4n) is 2.35. The summed E-state index contributed by atoms with van der Waals surface area (Å²) in [6.07, 6.45) is 0. The lowest BCUT2D eigenvalue weighted by atomic mass is 10.1. The zero-order valence-corrected chi connectivity index (χ0v) is 17.6. The van der Waals surface area contributed by atoms with Crippen molar-refractivity contribution >= 4 is 42.5 Å². The summed E-state index contributed by atoms with van der Waals surface area (Å²) in [4.78, 5) is 0. The second-order valence-electron chi connectivity index (χ2n) is 7.77. The van der Waals surface area contributed by atoms with Crippen LogP contribution in [-0.2, 0) is 0 Å². The molecule has 0 radical (unpaired) electrons. The van der Waals surface area contributed by atoms with Gasteiger partial charge in [0.15, 0.2) is 11.5 Å². The highest BCUT2D eigenvalue weighted by Crippen LogP contribution is 2.45. The van der Waals surface area contributed by atoms with Crippen LogP contribution in [0, 0.1) is 0 Å². The molecule has 0 N–H and O–H groups in total. The van der Waals surface area contributed by atoms with E-state index < -0.39 is 8.32 Å². The number of furan rings is 1. The topological polar surface area (TPSA) is 22.4 Å². The lowest BCUT2D eigenvalue weighted by molar-refractivity contribution is 0.487. The molecule has 5 heteroatoms. The number of fused-ring (bicyclic) bond motifs is 1. The quantitative estimate of drug-likeness (QED) is 0.424. The molecule has 25 heavy (non-hydrogen) atoms. The summed E-state index contributed by atoms with van der Waals surface area (Å²) in [5.74, 6) is 1.51. The zero-order valence-electron chi connectivity index (χ0n) is 15.1. The van der Waals surface area contributed by atoms with Crippen molar-refractivity contribution in [2.75, 3.05) is 0 Å². The third-order valence-electron chi connectivity index (χ3n) is 4.88. The lowest BCUT2D eigenvalue weighted by Gasteiger charge is -2.36. The molecule has 0 bridgehead atoms. The summed E-state index contributed by atoms with van der Waals surface area (Å²) in [5.41, 5.74) is 1.66. The second-order valence-corrected chi connectivity index (χ2v) is 13.4. The Labute approximate surface area is 159 Å². The van der Waals surface area contributed by atoms with Gasteiger partial charge < -0.3 is 8.84 Å². The minimum atomic E-state index is -2.03. The van der Waals surface area contributed by atoms with Crippen LogP contribution in [0.3, 0.4) is 0 Å². The van der Waals surface area contributed by atoms with Gasteiger partial charge in [-0.25, -0.2) is 0 Å². The highest BCUT2D eigenvalue weighted by atomic mass is 35.5. The Morgan fingerprint density at radius 1 is 0.920 bits per heavy atom. The maximum Gasteiger partial charge on any atom is 0.250 e. The van der Waals surface area contributed by atoms with Crippen molar-refractivity contribution < 1.29 is 8.84 Å². The maximum atomic E-state index is 6.64. The molecule has 0 spiro atoms. The Morgan fingerprint density at radius 2 is 1.52 bits per heavy atom. The van der Waals surface area contributed by atoms with Gasteiger partial charge in [0.1, 0.15) is 5.58 Å². The summed E-state index contributed by atoms with van der Waals surface area (Å²) in [6.45, 7) is 11.1. The molecule has 0 amide bonds. The van der Waals surface area contributed by atoms with Gasteiger partial charge in [-0.15, -0.1) is 0 Å². The van der Waals surface area contributed by atoms with E-state index in [1.165, 1.54) is 0 Å². The van der Waals surface area contributed by atoms with E-state index in [4.69, 9.17) is 32.0 Å². The molecule has 0 unspecified atom stereocenters.